The van der Waals surface area contributed by atoms with Crippen LogP contribution in [0.5, 0.6) is 0 Å². The molecule has 3 rings (SSSR count). The van der Waals surface area contributed by atoms with E-state index in [-0.39, 0.29) is 48.3 Å². The van der Waals surface area contributed by atoms with Crippen LogP contribution in [0.1, 0.15) is 44.8 Å². The summed E-state index contributed by atoms with van der Waals surface area (Å²) in [5.41, 5.74) is -0.582. The largest absolute Gasteiger partial charge is 0.382 e. The zero-order chi connectivity index (χ0) is 20.6. The molecule has 154 valence electrons. The number of hydrogen-bond donors (Lipinski definition) is 2. The van der Waals surface area contributed by atoms with Crippen LogP contribution < -0.4 is 0 Å². The highest BCUT2D eigenvalue weighted by molar-refractivity contribution is 6.31. The van der Waals surface area contributed by atoms with Gasteiger partial charge in [-0.2, -0.15) is 5.10 Å². The van der Waals surface area contributed by atoms with Crippen molar-refractivity contribution in [3.05, 3.63) is 28.7 Å². The number of nitrogens with one attached hydrogen (secondary N) is 1. The Morgan fingerprint density at radius 2 is 2.07 bits per heavy atom. The van der Waals surface area contributed by atoms with Crippen LogP contribution in [0.2, 0.25) is 5.02 Å². The predicted octanol–water partition coefficient (Wildman–Crippen LogP) is 4.31. The molecule has 1 fully saturated rings. The molecule has 5 nitrogen and oxygen atoms in total. The summed E-state index contributed by atoms with van der Waals surface area (Å²) in [5.74, 6) is -5.72. The van der Waals surface area contributed by atoms with Gasteiger partial charge in [0.2, 0.25) is 5.91 Å². The first-order chi connectivity index (χ1) is 13.1. The third-order valence-electron chi connectivity index (χ3n) is 5.28. The third-order valence-corrected chi connectivity index (χ3v) is 5.55. The van der Waals surface area contributed by atoms with Crippen molar-refractivity contribution in [1.82, 2.24) is 15.1 Å². The molecule has 2 aromatic rings. The van der Waals surface area contributed by atoms with Crippen LogP contribution in [0.3, 0.4) is 0 Å². The summed E-state index contributed by atoms with van der Waals surface area (Å²) < 4.78 is 44.7. The number of carbonyl (C=O) groups excluding carboxylic acids is 1. The molecule has 2 N–H and O–H groups in total. The summed E-state index contributed by atoms with van der Waals surface area (Å²) in [4.78, 5) is 13.7. The summed E-state index contributed by atoms with van der Waals surface area (Å²) in [7, 11) is 0. The highest BCUT2D eigenvalue weighted by atomic mass is 35.5. The number of alkyl halides is 2. The van der Waals surface area contributed by atoms with Crippen LogP contribution in [0.4, 0.5) is 13.2 Å². The number of carbonyl (C=O) groups is 1. The molecule has 1 aliphatic rings. The quantitative estimate of drug-likeness (QED) is 0.761. The monoisotopic (exact) mass is 417 g/mol. The summed E-state index contributed by atoms with van der Waals surface area (Å²) in [6.45, 7) is 4.22. The SMILES string of the molecule is CC(C)CC(=O)N1CCC(C(F)(F)C(O)c2c(F)c(Cl)cc3cn[nH]c23)CC1. The lowest BCUT2D eigenvalue weighted by atomic mass is 9.84. The Balaban J connectivity index is 1.80. The first-order valence-electron chi connectivity index (χ1n) is 9.27. The number of aromatic amines is 1. The average molecular weight is 418 g/mol. The first kappa shape index (κ1) is 20.9. The Morgan fingerprint density at radius 1 is 1.43 bits per heavy atom. The molecule has 0 radical (unpaired) electrons. The van der Waals surface area contributed by atoms with Gasteiger partial charge in [-0.1, -0.05) is 25.4 Å². The van der Waals surface area contributed by atoms with E-state index in [4.69, 9.17) is 11.6 Å². The maximum absolute atomic E-state index is 15.1. The molecule has 0 aliphatic carbocycles. The Morgan fingerprint density at radius 3 is 2.68 bits per heavy atom. The molecule has 0 bridgehead atoms. The molecule has 1 unspecified atom stereocenters. The van der Waals surface area contributed by atoms with Crippen molar-refractivity contribution >= 4 is 28.4 Å². The lowest BCUT2D eigenvalue weighted by Crippen LogP contribution is -2.45. The topological polar surface area (TPSA) is 69.2 Å². The van der Waals surface area contributed by atoms with Crippen molar-refractivity contribution in [3.8, 4) is 0 Å². The highest BCUT2D eigenvalue weighted by Crippen LogP contribution is 2.45. The lowest BCUT2D eigenvalue weighted by Gasteiger charge is -2.38. The maximum atomic E-state index is 15.1. The molecule has 1 aromatic heterocycles. The highest BCUT2D eigenvalue weighted by Gasteiger charge is 2.49. The van der Waals surface area contributed by atoms with Crippen molar-refractivity contribution in [2.24, 2.45) is 11.8 Å². The number of hydrogen-bond acceptors (Lipinski definition) is 3. The lowest BCUT2D eigenvalue weighted by molar-refractivity contribution is -0.165. The number of aromatic nitrogens is 2. The molecule has 0 saturated carbocycles. The van der Waals surface area contributed by atoms with E-state index in [9.17, 15) is 14.3 Å². The Bertz CT molecular complexity index is 863. The van der Waals surface area contributed by atoms with Crippen molar-refractivity contribution in [2.75, 3.05) is 13.1 Å². The zero-order valence-corrected chi connectivity index (χ0v) is 16.4. The molecular formula is C19H23ClF3N3O2. The predicted molar refractivity (Wildman–Crippen MR) is 99.7 cm³/mol. The average Bonchev–Trinajstić information content (AvgIpc) is 3.09. The molecule has 2 heterocycles. The number of halogens is 4. The minimum atomic E-state index is -3.59. The number of fused-ring (bicyclic) bond motifs is 1. The fourth-order valence-electron chi connectivity index (χ4n) is 3.72. The van der Waals surface area contributed by atoms with Crippen LogP contribution in [0.25, 0.3) is 10.9 Å². The van der Waals surface area contributed by atoms with E-state index in [0.717, 1.165) is 0 Å². The van der Waals surface area contributed by atoms with E-state index < -0.39 is 29.3 Å². The number of piperidine rings is 1. The molecule has 1 saturated heterocycles. The molecule has 9 heteroatoms. The van der Waals surface area contributed by atoms with Gasteiger partial charge in [-0.15, -0.1) is 0 Å². The number of aliphatic hydroxyl groups is 1. The first-order valence-corrected chi connectivity index (χ1v) is 9.65. The van der Waals surface area contributed by atoms with E-state index in [1.807, 2.05) is 13.8 Å². The maximum Gasteiger partial charge on any atom is 0.280 e. The normalized spacial score (nSPS) is 17.5. The molecule has 1 amide bonds. The molecule has 1 aliphatic heterocycles. The number of rotatable bonds is 5. The van der Waals surface area contributed by atoms with Gasteiger partial charge in [0.05, 0.1) is 16.7 Å². The number of benzene rings is 1. The molecule has 0 spiro atoms. The van der Waals surface area contributed by atoms with Crippen molar-refractivity contribution in [3.63, 3.8) is 0 Å². The van der Waals surface area contributed by atoms with Crippen LogP contribution in [-0.2, 0) is 4.79 Å². The van der Waals surface area contributed by atoms with Crippen LogP contribution in [0, 0.1) is 17.7 Å². The number of H-pyrrole nitrogens is 1. The van der Waals surface area contributed by atoms with Gasteiger partial charge in [0.25, 0.3) is 5.92 Å². The Hall–Kier alpha value is -1.80. The van der Waals surface area contributed by atoms with Crippen molar-refractivity contribution < 1.29 is 23.1 Å². The van der Waals surface area contributed by atoms with E-state index in [1.165, 1.54) is 12.3 Å². The molecular weight excluding hydrogens is 395 g/mol. The second kappa shape index (κ2) is 7.91. The van der Waals surface area contributed by atoms with E-state index in [2.05, 4.69) is 10.2 Å². The fourth-order valence-corrected chi connectivity index (χ4v) is 3.94. The van der Waals surface area contributed by atoms with E-state index in [0.29, 0.717) is 11.8 Å². The van der Waals surface area contributed by atoms with Gasteiger partial charge >= 0.3 is 0 Å². The standard InChI is InChI=1S/C19H23ClF3N3O2/c1-10(2)7-14(27)26-5-3-12(4-6-26)19(22,23)18(28)15-16(21)13(20)8-11-9-24-25-17(11)15/h8-10,12,18,28H,3-7H2,1-2H3,(H,24,25). The van der Waals surface area contributed by atoms with Gasteiger partial charge in [0.15, 0.2) is 0 Å². The van der Waals surface area contributed by atoms with Gasteiger partial charge in [0.1, 0.15) is 11.9 Å². The number of amides is 1. The van der Waals surface area contributed by atoms with Gasteiger partial charge in [-0.25, -0.2) is 13.2 Å². The minimum absolute atomic E-state index is 0.00128. The van der Waals surface area contributed by atoms with Crippen LogP contribution in [0.15, 0.2) is 12.3 Å². The number of likely N-dealkylation sites (tertiary alicyclic amines) is 1. The Labute approximate surface area is 165 Å². The Kier molecular flexibility index (Phi) is 5.91. The van der Waals surface area contributed by atoms with E-state index >= 15 is 8.78 Å². The van der Waals surface area contributed by atoms with Gasteiger partial charge in [-0.3, -0.25) is 9.89 Å². The summed E-state index contributed by atoms with van der Waals surface area (Å²) >= 11 is 5.81. The zero-order valence-electron chi connectivity index (χ0n) is 15.7. The second-order valence-electron chi connectivity index (χ2n) is 7.75. The fraction of sp³-hybridized carbons (Fsp3) is 0.579. The third kappa shape index (κ3) is 3.85. The summed E-state index contributed by atoms with van der Waals surface area (Å²) in [6, 6.07) is 1.27. The number of aliphatic hydroxyl groups excluding tert-OH is 1. The number of nitrogens with zero attached hydrogens (tertiary/aromatic N) is 2. The molecule has 1 atom stereocenters. The summed E-state index contributed by atoms with van der Waals surface area (Å²) in [5, 5.41) is 16.6. The summed E-state index contributed by atoms with van der Waals surface area (Å²) in [6.07, 6.45) is -0.620. The van der Waals surface area contributed by atoms with Gasteiger partial charge in [-0.05, 0) is 24.8 Å². The van der Waals surface area contributed by atoms with Crippen molar-refractivity contribution in [1.29, 1.82) is 0 Å². The smallest absolute Gasteiger partial charge is 0.280 e. The van der Waals surface area contributed by atoms with E-state index in [1.54, 1.807) is 4.90 Å². The molecule has 28 heavy (non-hydrogen) atoms. The van der Waals surface area contributed by atoms with Gasteiger partial charge < -0.3 is 10.0 Å². The van der Waals surface area contributed by atoms with Crippen LogP contribution in [-0.4, -0.2) is 45.1 Å². The molecule has 1 aromatic carbocycles. The van der Waals surface area contributed by atoms with Gasteiger partial charge in [0, 0.05) is 36.4 Å². The van der Waals surface area contributed by atoms with Crippen LogP contribution >= 0.6 is 11.6 Å². The van der Waals surface area contributed by atoms with Crippen molar-refractivity contribution in [2.45, 2.75) is 45.1 Å². The minimum Gasteiger partial charge on any atom is -0.382 e. The second-order valence-corrected chi connectivity index (χ2v) is 8.16.